The Balaban J connectivity index is 0.00000104. The predicted octanol–water partition coefficient (Wildman–Crippen LogP) is 5.02. The maximum absolute atomic E-state index is 11.1. The molecule has 24 heavy (non-hydrogen) atoms. The Morgan fingerprint density at radius 1 is 1.12 bits per heavy atom. The summed E-state index contributed by atoms with van der Waals surface area (Å²) in [5.41, 5.74) is 4.00. The van der Waals surface area contributed by atoms with E-state index in [0.717, 1.165) is 32.1 Å². The first kappa shape index (κ1) is 18.3. The summed E-state index contributed by atoms with van der Waals surface area (Å²) >= 11 is 1.62. The zero-order valence-electron chi connectivity index (χ0n) is 12.7. The molecule has 2 heterocycles. The van der Waals surface area contributed by atoms with Crippen molar-refractivity contribution in [3.05, 3.63) is 54.7 Å². The molecule has 0 saturated carbocycles. The molecule has 0 fully saturated rings. The van der Waals surface area contributed by atoms with Crippen molar-refractivity contribution in [1.29, 1.82) is 0 Å². The van der Waals surface area contributed by atoms with Crippen molar-refractivity contribution in [3.8, 4) is 11.3 Å². The molecule has 4 nitrogen and oxygen atoms in total. The van der Waals surface area contributed by atoms with Gasteiger partial charge in [-0.1, -0.05) is 41.7 Å². The van der Waals surface area contributed by atoms with Gasteiger partial charge in [-0.3, -0.25) is 9.20 Å². The van der Waals surface area contributed by atoms with Gasteiger partial charge < -0.3 is 5.32 Å². The van der Waals surface area contributed by atoms with Crippen LogP contribution in [0.5, 0.6) is 0 Å². The first-order valence-corrected chi connectivity index (χ1v) is 7.77. The number of anilines is 1. The van der Waals surface area contributed by atoms with E-state index >= 15 is 0 Å². The number of amides is 1. The highest BCUT2D eigenvalue weighted by molar-refractivity contribution is 7.23. The SMILES string of the molecule is CC(=O)Nc1ccc2c(c1)sc1nc(-c3ccccc3)cn12.Cl.Cl. The van der Waals surface area contributed by atoms with Crippen LogP contribution in [0, 0.1) is 0 Å². The number of thiazole rings is 1. The largest absolute Gasteiger partial charge is 0.326 e. The Labute approximate surface area is 155 Å². The monoisotopic (exact) mass is 379 g/mol. The van der Waals surface area contributed by atoms with Gasteiger partial charge in [-0.25, -0.2) is 4.98 Å². The third-order valence-electron chi connectivity index (χ3n) is 3.48. The van der Waals surface area contributed by atoms with Crippen molar-refractivity contribution in [1.82, 2.24) is 9.38 Å². The topological polar surface area (TPSA) is 46.4 Å². The van der Waals surface area contributed by atoms with Crippen molar-refractivity contribution < 1.29 is 4.79 Å². The van der Waals surface area contributed by atoms with Crippen LogP contribution in [0.1, 0.15) is 6.92 Å². The molecule has 4 rings (SSSR count). The number of carbonyl (C=O) groups excluding carboxylic acids is 1. The molecule has 0 saturated heterocycles. The molecular weight excluding hydrogens is 365 g/mol. The Hall–Kier alpha value is -2.08. The summed E-state index contributed by atoms with van der Waals surface area (Å²) in [5, 5.41) is 2.81. The molecule has 7 heteroatoms. The molecule has 0 aliphatic rings. The number of fused-ring (bicyclic) bond motifs is 3. The smallest absolute Gasteiger partial charge is 0.221 e. The van der Waals surface area contributed by atoms with E-state index < -0.39 is 0 Å². The van der Waals surface area contributed by atoms with Crippen LogP contribution in [0.3, 0.4) is 0 Å². The molecular formula is C17H15Cl2N3OS. The van der Waals surface area contributed by atoms with Gasteiger partial charge in [0.1, 0.15) is 0 Å². The Kier molecular flexibility index (Phi) is 5.49. The molecule has 0 bridgehead atoms. The summed E-state index contributed by atoms with van der Waals surface area (Å²) in [6.45, 7) is 1.51. The lowest BCUT2D eigenvalue weighted by Crippen LogP contribution is -2.05. The molecule has 0 atom stereocenters. The van der Waals surface area contributed by atoms with Crippen LogP contribution in [0.2, 0.25) is 0 Å². The van der Waals surface area contributed by atoms with Crippen LogP contribution >= 0.6 is 36.2 Å². The van der Waals surface area contributed by atoms with Crippen LogP contribution in [0.4, 0.5) is 5.69 Å². The third kappa shape index (κ3) is 3.24. The fourth-order valence-corrected chi connectivity index (χ4v) is 3.58. The van der Waals surface area contributed by atoms with Gasteiger partial charge in [0, 0.05) is 24.4 Å². The van der Waals surface area contributed by atoms with Gasteiger partial charge >= 0.3 is 0 Å². The lowest BCUT2D eigenvalue weighted by molar-refractivity contribution is -0.114. The van der Waals surface area contributed by atoms with Gasteiger partial charge in [0.25, 0.3) is 0 Å². The van der Waals surface area contributed by atoms with Gasteiger partial charge in [0.05, 0.1) is 15.9 Å². The van der Waals surface area contributed by atoms with Crippen LogP contribution < -0.4 is 5.32 Å². The number of imidazole rings is 1. The Morgan fingerprint density at radius 3 is 2.58 bits per heavy atom. The molecule has 2 aromatic carbocycles. The van der Waals surface area contributed by atoms with Crippen molar-refractivity contribution >= 4 is 62.9 Å². The molecule has 0 aliphatic carbocycles. The average Bonchev–Trinajstić information content (AvgIpc) is 3.04. The zero-order chi connectivity index (χ0) is 15.1. The quantitative estimate of drug-likeness (QED) is 0.531. The fraction of sp³-hybridized carbons (Fsp3) is 0.0588. The minimum Gasteiger partial charge on any atom is -0.326 e. The number of nitrogens with zero attached hydrogens (tertiary/aromatic N) is 2. The second kappa shape index (κ2) is 7.21. The summed E-state index contributed by atoms with van der Waals surface area (Å²) < 4.78 is 3.20. The molecule has 1 amide bonds. The number of benzene rings is 2. The highest BCUT2D eigenvalue weighted by Crippen LogP contribution is 2.31. The second-order valence-corrected chi connectivity index (χ2v) is 6.12. The van der Waals surface area contributed by atoms with E-state index in [0.29, 0.717) is 0 Å². The number of hydrogen-bond donors (Lipinski definition) is 1. The van der Waals surface area contributed by atoms with Crippen molar-refractivity contribution in [2.24, 2.45) is 0 Å². The third-order valence-corrected chi connectivity index (χ3v) is 4.50. The normalized spacial score (nSPS) is 10.2. The van der Waals surface area contributed by atoms with Crippen LogP contribution in [-0.4, -0.2) is 15.3 Å². The van der Waals surface area contributed by atoms with E-state index in [1.165, 1.54) is 6.92 Å². The van der Waals surface area contributed by atoms with E-state index in [2.05, 4.69) is 28.0 Å². The molecule has 0 spiro atoms. The lowest BCUT2D eigenvalue weighted by Gasteiger charge is -2.01. The molecule has 0 radical (unpaired) electrons. The zero-order valence-corrected chi connectivity index (χ0v) is 15.2. The van der Waals surface area contributed by atoms with Crippen molar-refractivity contribution in [3.63, 3.8) is 0 Å². The van der Waals surface area contributed by atoms with E-state index in [-0.39, 0.29) is 30.7 Å². The molecule has 0 aliphatic heterocycles. The number of rotatable bonds is 2. The minimum atomic E-state index is -0.0629. The van der Waals surface area contributed by atoms with E-state index in [9.17, 15) is 4.79 Å². The Bertz CT molecular complexity index is 995. The average molecular weight is 380 g/mol. The summed E-state index contributed by atoms with van der Waals surface area (Å²) in [4.78, 5) is 16.8. The first-order valence-electron chi connectivity index (χ1n) is 6.95. The number of halogens is 2. The Morgan fingerprint density at radius 2 is 1.88 bits per heavy atom. The fourth-order valence-electron chi connectivity index (χ4n) is 2.53. The first-order chi connectivity index (χ1) is 10.7. The van der Waals surface area contributed by atoms with Crippen LogP contribution in [-0.2, 0) is 4.79 Å². The van der Waals surface area contributed by atoms with Gasteiger partial charge in [-0.15, -0.1) is 24.8 Å². The second-order valence-electron chi connectivity index (χ2n) is 5.11. The molecule has 124 valence electrons. The minimum absolute atomic E-state index is 0. The molecule has 2 aromatic heterocycles. The number of aromatic nitrogens is 2. The highest BCUT2D eigenvalue weighted by atomic mass is 35.5. The van der Waals surface area contributed by atoms with Crippen LogP contribution in [0.15, 0.2) is 54.7 Å². The van der Waals surface area contributed by atoms with Gasteiger partial charge in [0.15, 0.2) is 4.96 Å². The maximum atomic E-state index is 11.1. The van der Waals surface area contributed by atoms with Gasteiger partial charge in [-0.05, 0) is 18.2 Å². The van der Waals surface area contributed by atoms with E-state index in [1.54, 1.807) is 11.3 Å². The van der Waals surface area contributed by atoms with E-state index in [1.807, 2.05) is 36.4 Å². The summed E-state index contributed by atoms with van der Waals surface area (Å²) in [7, 11) is 0. The number of nitrogens with one attached hydrogen (secondary N) is 1. The van der Waals surface area contributed by atoms with Crippen LogP contribution in [0.25, 0.3) is 26.4 Å². The number of carbonyl (C=O) groups is 1. The summed E-state index contributed by atoms with van der Waals surface area (Å²) in [5.74, 6) is -0.0629. The summed E-state index contributed by atoms with van der Waals surface area (Å²) in [6.07, 6.45) is 2.06. The molecule has 0 unspecified atom stereocenters. The lowest BCUT2D eigenvalue weighted by atomic mass is 10.2. The van der Waals surface area contributed by atoms with E-state index in [4.69, 9.17) is 4.98 Å². The maximum Gasteiger partial charge on any atom is 0.221 e. The van der Waals surface area contributed by atoms with Crippen molar-refractivity contribution in [2.45, 2.75) is 6.92 Å². The highest BCUT2D eigenvalue weighted by Gasteiger charge is 2.10. The summed E-state index contributed by atoms with van der Waals surface area (Å²) in [6, 6.07) is 16.1. The predicted molar refractivity (Wildman–Crippen MR) is 105 cm³/mol. The van der Waals surface area contributed by atoms with Gasteiger partial charge in [0.2, 0.25) is 5.91 Å². The number of hydrogen-bond acceptors (Lipinski definition) is 3. The molecule has 1 N–H and O–H groups in total. The molecule has 4 aromatic rings. The van der Waals surface area contributed by atoms with Gasteiger partial charge in [-0.2, -0.15) is 0 Å². The van der Waals surface area contributed by atoms with Crippen molar-refractivity contribution in [2.75, 3.05) is 5.32 Å². The standard InChI is InChI=1S/C17H13N3OS.2ClH/c1-11(21)18-13-7-8-15-16(9-13)22-17-19-14(10-20(15)17)12-5-3-2-4-6-12;;/h2-10H,1H3,(H,18,21);2*1H.